The number of hydrogen-bond donors (Lipinski definition) is 5. The van der Waals surface area contributed by atoms with Crippen LogP contribution in [0.15, 0.2) is 18.2 Å². The molecule has 1 rings (SSSR count). The Labute approximate surface area is 114 Å². The van der Waals surface area contributed by atoms with Gasteiger partial charge < -0.3 is 26.6 Å². The largest absolute Gasteiger partial charge is 0.507 e. The number of carboxylic acid groups (broad SMARTS) is 1. The third-order valence-electron chi connectivity index (χ3n) is 2.37. The number of urea groups is 1. The number of carboxylic acids is 1. The number of aromatic carboxylic acids is 1. The first-order valence-electron chi connectivity index (χ1n) is 5.79. The number of aromatic hydroxyl groups is 1. The first-order valence-corrected chi connectivity index (χ1v) is 5.79. The summed E-state index contributed by atoms with van der Waals surface area (Å²) in [6.45, 7) is 0.272. The quantitative estimate of drug-likeness (QED) is 0.482. The molecule has 0 aromatic heterocycles. The van der Waals surface area contributed by atoms with Crippen LogP contribution < -0.4 is 16.4 Å². The smallest absolute Gasteiger partial charge is 0.339 e. The number of hydrogen-bond acceptors (Lipinski definition) is 4. The number of carbonyl (C=O) groups excluding carboxylic acids is 2. The molecule has 0 fully saturated rings. The van der Waals surface area contributed by atoms with Crippen LogP contribution in [0.25, 0.3) is 0 Å². The monoisotopic (exact) mass is 281 g/mol. The molecule has 108 valence electrons. The van der Waals surface area contributed by atoms with Gasteiger partial charge in [0.15, 0.2) is 0 Å². The van der Waals surface area contributed by atoms with E-state index in [1.165, 1.54) is 12.1 Å². The maximum absolute atomic E-state index is 11.5. The molecular weight excluding hydrogens is 266 g/mol. The van der Waals surface area contributed by atoms with Gasteiger partial charge in [-0.25, -0.2) is 9.59 Å². The summed E-state index contributed by atoms with van der Waals surface area (Å²) in [6.07, 6.45) is 0.598. The van der Waals surface area contributed by atoms with E-state index in [0.717, 1.165) is 6.07 Å². The molecule has 8 nitrogen and oxygen atoms in total. The lowest BCUT2D eigenvalue weighted by Gasteiger charge is -2.08. The molecule has 0 saturated heterocycles. The fourth-order valence-corrected chi connectivity index (χ4v) is 1.43. The first kappa shape index (κ1) is 15.3. The molecule has 0 unspecified atom stereocenters. The second kappa shape index (κ2) is 6.98. The maximum atomic E-state index is 11.5. The molecule has 20 heavy (non-hydrogen) atoms. The molecule has 0 radical (unpaired) electrons. The first-order chi connectivity index (χ1) is 9.40. The van der Waals surface area contributed by atoms with Crippen LogP contribution in [0.2, 0.25) is 0 Å². The van der Waals surface area contributed by atoms with Crippen LogP contribution >= 0.6 is 0 Å². The van der Waals surface area contributed by atoms with Crippen molar-refractivity contribution >= 4 is 23.6 Å². The van der Waals surface area contributed by atoms with Crippen LogP contribution in [0.4, 0.5) is 10.5 Å². The van der Waals surface area contributed by atoms with Crippen molar-refractivity contribution in [3.8, 4) is 5.75 Å². The number of carbonyl (C=O) groups is 3. The van der Waals surface area contributed by atoms with E-state index in [4.69, 9.17) is 10.8 Å². The topological polar surface area (TPSA) is 142 Å². The van der Waals surface area contributed by atoms with Gasteiger partial charge in [0.25, 0.3) is 0 Å². The molecule has 0 atom stereocenters. The zero-order valence-corrected chi connectivity index (χ0v) is 10.5. The number of rotatable bonds is 6. The Bertz CT molecular complexity index is 530. The maximum Gasteiger partial charge on any atom is 0.339 e. The van der Waals surface area contributed by atoms with Crippen LogP contribution in [0, 0.1) is 0 Å². The van der Waals surface area contributed by atoms with Crippen LogP contribution in [0.5, 0.6) is 5.75 Å². The summed E-state index contributed by atoms with van der Waals surface area (Å²) in [6, 6.07) is 3.14. The van der Waals surface area contributed by atoms with E-state index in [-0.39, 0.29) is 24.2 Å². The highest BCUT2D eigenvalue weighted by Gasteiger charge is 2.10. The average Bonchev–Trinajstić information content (AvgIpc) is 2.34. The molecule has 0 bridgehead atoms. The molecule has 1 aromatic carbocycles. The van der Waals surface area contributed by atoms with Gasteiger partial charge in [0, 0.05) is 24.7 Å². The lowest BCUT2D eigenvalue weighted by molar-refractivity contribution is -0.118. The van der Waals surface area contributed by atoms with Crippen molar-refractivity contribution in [3.05, 3.63) is 23.8 Å². The third kappa shape index (κ3) is 4.84. The van der Waals surface area contributed by atoms with E-state index < -0.39 is 23.7 Å². The van der Waals surface area contributed by atoms with Gasteiger partial charge in [-0.05, 0) is 18.6 Å². The van der Waals surface area contributed by atoms with E-state index in [1.54, 1.807) is 0 Å². The minimum Gasteiger partial charge on any atom is -0.507 e. The standard InChI is InChI=1S/C12H15N3O5/c13-10(17)2-1-5-14-12(20)15-7-3-4-8(11(18)19)9(16)6-7/h3-4,6,16H,1-2,5H2,(H2,13,17)(H,18,19)(H2,14,15,20). The van der Waals surface area contributed by atoms with Crippen LogP contribution in [0.1, 0.15) is 23.2 Å². The second-order valence-corrected chi connectivity index (χ2v) is 3.99. The second-order valence-electron chi connectivity index (χ2n) is 3.99. The van der Waals surface area contributed by atoms with E-state index in [2.05, 4.69) is 10.6 Å². The fraction of sp³-hybridized carbons (Fsp3) is 0.250. The highest BCUT2D eigenvalue weighted by molar-refractivity contribution is 5.93. The number of amides is 3. The zero-order chi connectivity index (χ0) is 15.1. The van der Waals surface area contributed by atoms with E-state index in [9.17, 15) is 19.5 Å². The van der Waals surface area contributed by atoms with Gasteiger partial charge in [-0.15, -0.1) is 0 Å². The van der Waals surface area contributed by atoms with Gasteiger partial charge in [0.05, 0.1) is 0 Å². The van der Waals surface area contributed by atoms with Crippen molar-refractivity contribution in [1.82, 2.24) is 5.32 Å². The van der Waals surface area contributed by atoms with E-state index in [0.29, 0.717) is 6.42 Å². The summed E-state index contributed by atoms with van der Waals surface area (Å²) >= 11 is 0. The number of nitrogens with two attached hydrogens (primary N) is 1. The Morgan fingerprint density at radius 3 is 2.50 bits per heavy atom. The number of anilines is 1. The molecular formula is C12H15N3O5. The van der Waals surface area contributed by atoms with Crippen LogP contribution in [-0.4, -0.2) is 34.7 Å². The summed E-state index contributed by atoms with van der Waals surface area (Å²) in [5.74, 6) is -2.14. The molecule has 0 saturated carbocycles. The highest BCUT2D eigenvalue weighted by Crippen LogP contribution is 2.21. The Kier molecular flexibility index (Phi) is 5.33. The lowest BCUT2D eigenvalue weighted by Crippen LogP contribution is -2.30. The van der Waals surface area contributed by atoms with Crippen molar-refractivity contribution in [3.63, 3.8) is 0 Å². The Morgan fingerprint density at radius 2 is 1.95 bits per heavy atom. The summed E-state index contributed by atoms with van der Waals surface area (Å²) in [4.78, 5) is 32.6. The number of nitrogens with one attached hydrogen (secondary N) is 2. The van der Waals surface area contributed by atoms with Gasteiger partial charge >= 0.3 is 12.0 Å². The molecule has 0 aliphatic rings. The molecule has 0 aliphatic carbocycles. The van der Waals surface area contributed by atoms with Crippen LogP contribution in [-0.2, 0) is 4.79 Å². The molecule has 1 aromatic rings. The van der Waals surface area contributed by atoms with Crippen molar-refractivity contribution in [1.29, 1.82) is 0 Å². The summed E-state index contributed by atoms with van der Waals surface area (Å²) < 4.78 is 0. The third-order valence-corrected chi connectivity index (χ3v) is 2.37. The van der Waals surface area contributed by atoms with Gasteiger partial charge in [0.1, 0.15) is 11.3 Å². The molecule has 8 heteroatoms. The SMILES string of the molecule is NC(=O)CCCNC(=O)Nc1ccc(C(=O)O)c(O)c1. The predicted molar refractivity (Wildman–Crippen MR) is 70.5 cm³/mol. The van der Waals surface area contributed by atoms with Crippen molar-refractivity contribution in [2.24, 2.45) is 5.73 Å². The summed E-state index contributed by atoms with van der Waals surface area (Å²) in [7, 11) is 0. The summed E-state index contributed by atoms with van der Waals surface area (Å²) in [5, 5.41) is 23.1. The number of phenols is 1. The van der Waals surface area contributed by atoms with Gasteiger partial charge in [-0.2, -0.15) is 0 Å². The lowest BCUT2D eigenvalue weighted by atomic mass is 10.2. The van der Waals surface area contributed by atoms with Crippen LogP contribution in [0.3, 0.4) is 0 Å². The van der Waals surface area contributed by atoms with Crippen molar-refractivity contribution < 1.29 is 24.6 Å². The Balaban J connectivity index is 2.48. The van der Waals surface area contributed by atoms with Gasteiger partial charge in [-0.3, -0.25) is 4.79 Å². The molecule has 3 amide bonds. The number of primary amides is 1. The normalized spacial score (nSPS) is 9.80. The fourth-order valence-electron chi connectivity index (χ4n) is 1.43. The van der Waals surface area contributed by atoms with Gasteiger partial charge in [-0.1, -0.05) is 0 Å². The number of benzene rings is 1. The van der Waals surface area contributed by atoms with Crippen molar-refractivity contribution in [2.75, 3.05) is 11.9 Å². The minimum atomic E-state index is -1.26. The zero-order valence-electron chi connectivity index (χ0n) is 10.5. The molecule has 0 heterocycles. The summed E-state index contributed by atoms with van der Waals surface area (Å²) in [5.41, 5.74) is 4.94. The average molecular weight is 281 g/mol. The molecule has 0 aliphatic heterocycles. The Hall–Kier alpha value is -2.77. The minimum absolute atomic E-state index is 0.175. The predicted octanol–water partition coefficient (Wildman–Crippen LogP) is 0.477. The highest BCUT2D eigenvalue weighted by atomic mass is 16.4. The van der Waals surface area contributed by atoms with E-state index in [1.807, 2.05) is 0 Å². The Morgan fingerprint density at radius 1 is 1.25 bits per heavy atom. The van der Waals surface area contributed by atoms with Gasteiger partial charge in [0.2, 0.25) is 5.91 Å². The van der Waals surface area contributed by atoms with E-state index >= 15 is 0 Å². The van der Waals surface area contributed by atoms with Crippen molar-refractivity contribution in [2.45, 2.75) is 12.8 Å². The molecule has 0 spiro atoms. The molecule has 6 N–H and O–H groups in total.